The van der Waals surface area contributed by atoms with Gasteiger partial charge in [-0.15, -0.1) is 0 Å². The van der Waals surface area contributed by atoms with Crippen molar-refractivity contribution < 1.29 is 14.3 Å². The van der Waals surface area contributed by atoms with E-state index in [2.05, 4.69) is 26.8 Å². The van der Waals surface area contributed by atoms with Gasteiger partial charge in [0.1, 0.15) is 5.75 Å². The Morgan fingerprint density at radius 1 is 0.920 bits per heavy atom. The first-order valence-electron chi connectivity index (χ1n) is 8.56. The minimum absolute atomic E-state index is 0.0690. The van der Waals surface area contributed by atoms with E-state index in [0.717, 1.165) is 5.75 Å². The van der Waals surface area contributed by atoms with Gasteiger partial charge in [0.2, 0.25) is 0 Å². The summed E-state index contributed by atoms with van der Waals surface area (Å²) in [7, 11) is 0. The number of rotatable bonds is 5. The average Bonchev–Trinajstić information content (AvgIpc) is 2.83. The zero-order valence-corrected chi connectivity index (χ0v) is 14.9. The standard InChI is InChI=1S/C21H23NO3/c1-21(2,3)15-8-6-9-16(14-15)25-13-7-12-22-19(23)17-10-4-5-11-18(17)20(22)24/h4-6,8-11,14H,7,12-13H2,1-3H3. The Hall–Kier alpha value is -2.62. The molecule has 0 aliphatic carbocycles. The summed E-state index contributed by atoms with van der Waals surface area (Å²) in [4.78, 5) is 25.9. The third-order valence-corrected chi connectivity index (χ3v) is 4.37. The predicted molar refractivity (Wildman–Crippen MR) is 97.1 cm³/mol. The van der Waals surface area contributed by atoms with Crippen molar-refractivity contribution in [3.63, 3.8) is 0 Å². The summed E-state index contributed by atoms with van der Waals surface area (Å²) in [6, 6.07) is 15.0. The first-order valence-corrected chi connectivity index (χ1v) is 8.56. The molecule has 0 saturated carbocycles. The van der Waals surface area contributed by atoms with Crippen LogP contribution >= 0.6 is 0 Å². The number of ether oxygens (including phenoxy) is 1. The maximum absolute atomic E-state index is 12.3. The fourth-order valence-electron chi connectivity index (χ4n) is 2.91. The highest BCUT2D eigenvalue weighted by Crippen LogP contribution is 2.26. The largest absolute Gasteiger partial charge is 0.494 e. The van der Waals surface area contributed by atoms with Gasteiger partial charge in [-0.1, -0.05) is 45.0 Å². The molecule has 2 amide bonds. The molecular weight excluding hydrogens is 314 g/mol. The van der Waals surface area contributed by atoms with Gasteiger partial charge in [-0.2, -0.15) is 0 Å². The minimum Gasteiger partial charge on any atom is -0.494 e. The number of amides is 2. The lowest BCUT2D eigenvalue weighted by Crippen LogP contribution is -2.31. The van der Waals surface area contributed by atoms with Crippen LogP contribution in [0.3, 0.4) is 0 Å². The van der Waals surface area contributed by atoms with Gasteiger partial charge in [0.05, 0.1) is 17.7 Å². The van der Waals surface area contributed by atoms with E-state index in [4.69, 9.17) is 4.74 Å². The van der Waals surface area contributed by atoms with Gasteiger partial charge in [0.25, 0.3) is 11.8 Å². The highest BCUT2D eigenvalue weighted by atomic mass is 16.5. The summed E-state index contributed by atoms with van der Waals surface area (Å²) in [5.41, 5.74) is 2.27. The summed E-state index contributed by atoms with van der Waals surface area (Å²) in [5, 5.41) is 0. The first kappa shape index (κ1) is 17.2. The van der Waals surface area contributed by atoms with Crippen molar-refractivity contribution in [3.8, 4) is 5.75 Å². The Balaban J connectivity index is 1.55. The summed E-state index contributed by atoms with van der Waals surface area (Å²) in [6.07, 6.45) is 0.602. The summed E-state index contributed by atoms with van der Waals surface area (Å²) in [6.45, 7) is 7.31. The molecule has 25 heavy (non-hydrogen) atoms. The van der Waals surface area contributed by atoms with E-state index in [9.17, 15) is 9.59 Å². The van der Waals surface area contributed by atoms with Gasteiger partial charge in [-0.25, -0.2) is 0 Å². The molecule has 0 N–H and O–H groups in total. The number of hydrogen-bond donors (Lipinski definition) is 0. The Morgan fingerprint density at radius 2 is 1.56 bits per heavy atom. The second-order valence-corrected chi connectivity index (χ2v) is 7.29. The summed E-state index contributed by atoms with van der Waals surface area (Å²) >= 11 is 0. The topological polar surface area (TPSA) is 46.6 Å². The van der Waals surface area contributed by atoms with Gasteiger partial charge in [-0.05, 0) is 41.7 Å². The molecule has 4 heteroatoms. The van der Waals surface area contributed by atoms with Crippen LogP contribution in [-0.2, 0) is 5.41 Å². The third-order valence-electron chi connectivity index (χ3n) is 4.37. The minimum atomic E-state index is -0.213. The molecule has 0 spiro atoms. The molecule has 2 aromatic carbocycles. The fourth-order valence-corrected chi connectivity index (χ4v) is 2.91. The van der Waals surface area contributed by atoms with Crippen molar-refractivity contribution in [1.82, 2.24) is 4.90 Å². The van der Waals surface area contributed by atoms with Crippen molar-refractivity contribution in [1.29, 1.82) is 0 Å². The number of fused-ring (bicyclic) bond motifs is 1. The second kappa shape index (κ2) is 6.71. The number of imide groups is 1. The van der Waals surface area contributed by atoms with E-state index in [-0.39, 0.29) is 17.2 Å². The second-order valence-electron chi connectivity index (χ2n) is 7.29. The maximum atomic E-state index is 12.3. The quantitative estimate of drug-likeness (QED) is 0.611. The Kier molecular flexibility index (Phi) is 4.62. The van der Waals surface area contributed by atoms with Crippen molar-refractivity contribution >= 4 is 11.8 Å². The lowest BCUT2D eigenvalue weighted by Gasteiger charge is -2.20. The van der Waals surface area contributed by atoms with Crippen molar-refractivity contribution in [2.24, 2.45) is 0 Å². The molecule has 1 aliphatic rings. The van der Waals surface area contributed by atoms with E-state index < -0.39 is 0 Å². The summed E-state index contributed by atoms with van der Waals surface area (Å²) < 4.78 is 5.80. The zero-order valence-electron chi connectivity index (χ0n) is 14.9. The van der Waals surface area contributed by atoms with E-state index >= 15 is 0 Å². The predicted octanol–water partition coefficient (Wildman–Crippen LogP) is 4.05. The average molecular weight is 337 g/mol. The van der Waals surface area contributed by atoms with E-state index in [1.807, 2.05) is 18.2 Å². The Bertz CT molecular complexity index is 770. The van der Waals surface area contributed by atoms with Crippen LogP contribution in [0.15, 0.2) is 48.5 Å². The number of hydrogen-bond acceptors (Lipinski definition) is 3. The number of nitrogens with zero attached hydrogens (tertiary/aromatic N) is 1. The van der Waals surface area contributed by atoms with E-state index in [0.29, 0.717) is 30.7 Å². The van der Waals surface area contributed by atoms with Crippen molar-refractivity contribution in [3.05, 3.63) is 65.2 Å². The molecular formula is C21H23NO3. The molecule has 0 radical (unpaired) electrons. The third kappa shape index (κ3) is 3.58. The van der Waals surface area contributed by atoms with Crippen LogP contribution in [0.4, 0.5) is 0 Å². The van der Waals surface area contributed by atoms with Crippen molar-refractivity contribution in [2.75, 3.05) is 13.2 Å². The molecule has 0 atom stereocenters. The molecule has 130 valence electrons. The molecule has 2 aromatic rings. The lowest BCUT2D eigenvalue weighted by atomic mass is 9.87. The lowest BCUT2D eigenvalue weighted by molar-refractivity contribution is 0.0646. The highest BCUT2D eigenvalue weighted by molar-refractivity contribution is 6.21. The van der Waals surface area contributed by atoms with Crippen molar-refractivity contribution in [2.45, 2.75) is 32.6 Å². The van der Waals surface area contributed by atoms with Crippen LogP contribution in [-0.4, -0.2) is 29.9 Å². The molecule has 3 rings (SSSR count). The fraction of sp³-hybridized carbons (Fsp3) is 0.333. The van der Waals surface area contributed by atoms with Crippen LogP contribution in [0.5, 0.6) is 5.75 Å². The molecule has 0 bridgehead atoms. The van der Waals surface area contributed by atoms with Crippen LogP contribution in [0.2, 0.25) is 0 Å². The molecule has 1 aliphatic heterocycles. The molecule has 0 unspecified atom stereocenters. The summed E-state index contributed by atoms with van der Waals surface area (Å²) in [5.74, 6) is 0.389. The molecule has 0 aromatic heterocycles. The number of carbonyl (C=O) groups is 2. The van der Waals surface area contributed by atoms with Crippen LogP contribution < -0.4 is 4.74 Å². The van der Waals surface area contributed by atoms with Crippen LogP contribution in [0, 0.1) is 0 Å². The van der Waals surface area contributed by atoms with Gasteiger partial charge in [0, 0.05) is 6.54 Å². The van der Waals surface area contributed by atoms with Crippen LogP contribution in [0.1, 0.15) is 53.5 Å². The molecule has 0 fully saturated rings. The van der Waals surface area contributed by atoms with Gasteiger partial charge < -0.3 is 4.74 Å². The van der Waals surface area contributed by atoms with Gasteiger partial charge in [0.15, 0.2) is 0 Å². The SMILES string of the molecule is CC(C)(C)c1cccc(OCCCN2C(=O)c3ccccc3C2=O)c1. The van der Waals surface area contributed by atoms with Gasteiger partial charge >= 0.3 is 0 Å². The maximum Gasteiger partial charge on any atom is 0.261 e. The van der Waals surface area contributed by atoms with E-state index in [1.165, 1.54) is 10.5 Å². The van der Waals surface area contributed by atoms with E-state index in [1.54, 1.807) is 24.3 Å². The highest BCUT2D eigenvalue weighted by Gasteiger charge is 2.34. The Labute approximate surface area is 148 Å². The molecule has 4 nitrogen and oxygen atoms in total. The number of benzene rings is 2. The normalized spacial score (nSPS) is 14.0. The number of carbonyl (C=O) groups excluding carboxylic acids is 2. The molecule has 0 saturated heterocycles. The Morgan fingerprint density at radius 3 is 2.16 bits per heavy atom. The monoisotopic (exact) mass is 337 g/mol. The zero-order chi connectivity index (χ0) is 18.0. The van der Waals surface area contributed by atoms with Crippen LogP contribution in [0.25, 0.3) is 0 Å². The smallest absolute Gasteiger partial charge is 0.261 e. The first-order chi connectivity index (χ1) is 11.9. The molecule has 1 heterocycles. The van der Waals surface area contributed by atoms with Gasteiger partial charge in [-0.3, -0.25) is 14.5 Å².